The third-order valence-electron chi connectivity index (χ3n) is 5.66. The Morgan fingerprint density at radius 1 is 1.03 bits per heavy atom. The molecule has 3 amide bonds. The Hall–Kier alpha value is -3.81. The molecule has 0 saturated carbocycles. The number of esters is 1. The zero-order chi connectivity index (χ0) is 23.5. The van der Waals surface area contributed by atoms with Gasteiger partial charge in [-0.15, -0.1) is 0 Å². The van der Waals surface area contributed by atoms with Crippen LogP contribution in [-0.4, -0.2) is 59.0 Å². The molecule has 4 rings (SSSR count). The quantitative estimate of drug-likeness (QED) is 0.480. The lowest BCUT2D eigenvalue weighted by atomic mass is 10.1. The number of nitrogens with zero attached hydrogens (tertiary/aromatic N) is 3. The van der Waals surface area contributed by atoms with Crippen LogP contribution in [0.5, 0.6) is 0 Å². The first-order chi connectivity index (χ1) is 15.8. The van der Waals surface area contributed by atoms with E-state index >= 15 is 0 Å². The number of hydrogen-bond donors (Lipinski definition) is 0. The van der Waals surface area contributed by atoms with Gasteiger partial charge in [0.2, 0.25) is 0 Å². The third kappa shape index (κ3) is 4.69. The van der Waals surface area contributed by atoms with Crippen molar-refractivity contribution in [1.29, 1.82) is 0 Å². The number of benzene rings is 2. The van der Waals surface area contributed by atoms with Crippen molar-refractivity contribution in [3.05, 3.63) is 70.8 Å². The predicted molar refractivity (Wildman–Crippen MR) is 121 cm³/mol. The van der Waals surface area contributed by atoms with Gasteiger partial charge < -0.3 is 4.74 Å². The molecular formula is C25H25N3O5. The van der Waals surface area contributed by atoms with E-state index in [1.165, 1.54) is 28.1 Å². The second-order valence-corrected chi connectivity index (χ2v) is 8.46. The van der Waals surface area contributed by atoms with E-state index in [2.05, 4.69) is 5.10 Å². The summed E-state index contributed by atoms with van der Waals surface area (Å²) in [7, 11) is 0. The molecule has 33 heavy (non-hydrogen) atoms. The van der Waals surface area contributed by atoms with E-state index in [9.17, 15) is 19.2 Å². The fourth-order valence-corrected chi connectivity index (χ4v) is 3.76. The summed E-state index contributed by atoms with van der Waals surface area (Å²) >= 11 is 0. The first kappa shape index (κ1) is 22.4. The third-order valence-corrected chi connectivity index (χ3v) is 5.66. The van der Waals surface area contributed by atoms with Crippen molar-refractivity contribution < 1.29 is 23.9 Å². The van der Waals surface area contributed by atoms with E-state index < -0.39 is 24.4 Å². The first-order valence-electron chi connectivity index (χ1n) is 11.0. The lowest BCUT2D eigenvalue weighted by molar-refractivity contribution is -0.134. The fraction of sp³-hybridized carbons (Fsp3) is 0.320. The molecule has 2 aliphatic heterocycles. The van der Waals surface area contributed by atoms with Crippen LogP contribution in [0.25, 0.3) is 0 Å². The summed E-state index contributed by atoms with van der Waals surface area (Å²) in [5, 5.41) is 5.63. The molecular weight excluding hydrogens is 422 g/mol. The lowest BCUT2D eigenvalue weighted by Gasteiger charge is -2.14. The summed E-state index contributed by atoms with van der Waals surface area (Å²) in [6.45, 7) is 4.32. The molecule has 8 nitrogen and oxygen atoms in total. The largest absolute Gasteiger partial charge is 0.452 e. The molecule has 0 N–H and O–H groups in total. The van der Waals surface area contributed by atoms with Crippen LogP contribution in [0, 0.1) is 5.92 Å². The molecule has 0 atom stereocenters. The summed E-state index contributed by atoms with van der Waals surface area (Å²) in [5.74, 6) is -1.59. The number of amides is 3. The van der Waals surface area contributed by atoms with Gasteiger partial charge in [0, 0.05) is 13.0 Å². The van der Waals surface area contributed by atoms with Crippen molar-refractivity contribution in [2.45, 2.75) is 26.7 Å². The highest BCUT2D eigenvalue weighted by Gasteiger charge is 2.36. The number of carbonyl (C=O) groups excluding carboxylic acids is 4. The van der Waals surface area contributed by atoms with Crippen molar-refractivity contribution in [3.8, 4) is 0 Å². The second-order valence-electron chi connectivity index (χ2n) is 8.46. The van der Waals surface area contributed by atoms with Crippen LogP contribution in [0.1, 0.15) is 63.3 Å². The molecule has 8 heteroatoms. The molecule has 0 bridgehead atoms. The van der Waals surface area contributed by atoms with Crippen LogP contribution < -0.4 is 0 Å². The van der Waals surface area contributed by atoms with Crippen molar-refractivity contribution in [1.82, 2.24) is 9.91 Å². The zero-order valence-electron chi connectivity index (χ0n) is 18.6. The number of hydrogen-bond acceptors (Lipinski definition) is 6. The van der Waals surface area contributed by atoms with Crippen molar-refractivity contribution in [3.63, 3.8) is 0 Å². The fourth-order valence-electron chi connectivity index (χ4n) is 3.76. The highest BCUT2D eigenvalue weighted by atomic mass is 16.5. The van der Waals surface area contributed by atoms with Gasteiger partial charge in [-0.3, -0.25) is 19.3 Å². The maximum Gasteiger partial charge on any atom is 0.338 e. The Balaban J connectivity index is 1.37. The van der Waals surface area contributed by atoms with E-state index in [4.69, 9.17) is 4.74 Å². The smallest absolute Gasteiger partial charge is 0.338 e. The van der Waals surface area contributed by atoms with Gasteiger partial charge in [-0.25, -0.2) is 9.80 Å². The Labute approximate surface area is 191 Å². The molecule has 0 fully saturated rings. The highest BCUT2D eigenvalue weighted by molar-refractivity contribution is 6.22. The maximum atomic E-state index is 12.7. The van der Waals surface area contributed by atoms with Gasteiger partial charge in [0.15, 0.2) is 6.61 Å². The second kappa shape index (κ2) is 9.36. The molecule has 2 heterocycles. The summed E-state index contributed by atoms with van der Waals surface area (Å²) in [6.07, 6.45) is 1.32. The average Bonchev–Trinajstić information content (AvgIpc) is 3.40. The number of ether oxygens (including phenoxy) is 1. The molecule has 2 aliphatic rings. The van der Waals surface area contributed by atoms with Crippen molar-refractivity contribution in [2.24, 2.45) is 11.0 Å². The summed E-state index contributed by atoms with van der Waals surface area (Å²) in [6, 6.07) is 13.8. The van der Waals surface area contributed by atoms with Gasteiger partial charge in [0.25, 0.3) is 17.7 Å². The average molecular weight is 447 g/mol. The molecule has 0 spiro atoms. The Bertz CT molecular complexity index is 1140. The summed E-state index contributed by atoms with van der Waals surface area (Å²) < 4.78 is 5.16. The first-order valence-corrected chi connectivity index (χ1v) is 11.0. The Kier molecular flexibility index (Phi) is 6.35. The van der Waals surface area contributed by atoms with Crippen LogP contribution in [0.4, 0.5) is 0 Å². The standard InChI is InChI=1S/C25H25N3O5/c1-16(2)10-12-27-23(30)19-9-8-18(14-20(19)24(27)31)25(32)33-15-22(29)28-13-11-21(26-28)17-6-4-3-5-7-17/h3-9,14,16H,10-13,15H2,1-2H3. The van der Waals surface area contributed by atoms with Crippen molar-refractivity contribution in [2.75, 3.05) is 19.7 Å². The van der Waals surface area contributed by atoms with Crippen LogP contribution in [0.3, 0.4) is 0 Å². The zero-order valence-corrected chi connectivity index (χ0v) is 18.6. The van der Waals surface area contributed by atoms with E-state index in [-0.39, 0.29) is 22.6 Å². The van der Waals surface area contributed by atoms with E-state index in [1.807, 2.05) is 44.2 Å². The number of imide groups is 1. The molecule has 0 unspecified atom stereocenters. The van der Waals surface area contributed by atoms with Crippen LogP contribution in [0.15, 0.2) is 53.6 Å². The van der Waals surface area contributed by atoms with E-state index in [1.54, 1.807) is 0 Å². The van der Waals surface area contributed by atoms with Crippen molar-refractivity contribution >= 4 is 29.4 Å². The molecule has 0 radical (unpaired) electrons. The minimum absolute atomic E-state index is 0.114. The van der Waals surface area contributed by atoms with E-state index in [0.29, 0.717) is 31.8 Å². The van der Waals surface area contributed by atoms with Gasteiger partial charge in [-0.05, 0) is 36.1 Å². The Morgan fingerprint density at radius 3 is 2.48 bits per heavy atom. The summed E-state index contributed by atoms with van der Waals surface area (Å²) in [4.78, 5) is 51.3. The molecule has 170 valence electrons. The minimum atomic E-state index is -0.738. The molecule has 0 saturated heterocycles. The molecule has 0 aliphatic carbocycles. The highest BCUT2D eigenvalue weighted by Crippen LogP contribution is 2.25. The number of carbonyl (C=O) groups is 4. The molecule has 2 aromatic carbocycles. The number of fused-ring (bicyclic) bond motifs is 1. The topological polar surface area (TPSA) is 96.3 Å². The monoisotopic (exact) mass is 447 g/mol. The van der Waals surface area contributed by atoms with Crippen LogP contribution >= 0.6 is 0 Å². The van der Waals surface area contributed by atoms with Crippen LogP contribution in [-0.2, 0) is 9.53 Å². The van der Waals surface area contributed by atoms with Gasteiger partial charge in [-0.1, -0.05) is 44.2 Å². The number of rotatable bonds is 7. The normalized spacial score (nSPS) is 15.2. The summed E-state index contributed by atoms with van der Waals surface area (Å²) in [5.41, 5.74) is 2.32. The lowest BCUT2D eigenvalue weighted by Crippen LogP contribution is -2.31. The van der Waals surface area contributed by atoms with Gasteiger partial charge in [-0.2, -0.15) is 5.10 Å². The predicted octanol–water partition coefficient (Wildman–Crippen LogP) is 3.12. The van der Waals surface area contributed by atoms with Crippen LogP contribution in [0.2, 0.25) is 0 Å². The Morgan fingerprint density at radius 2 is 1.76 bits per heavy atom. The molecule has 0 aromatic heterocycles. The van der Waals surface area contributed by atoms with E-state index in [0.717, 1.165) is 11.3 Å². The SMILES string of the molecule is CC(C)CCN1C(=O)c2ccc(C(=O)OCC(=O)N3CCC(c4ccccc4)=N3)cc2C1=O. The number of hydrazone groups is 1. The maximum absolute atomic E-state index is 12.7. The van der Waals surface area contributed by atoms with Gasteiger partial charge in [0.1, 0.15) is 0 Å². The molecule has 2 aromatic rings. The van der Waals surface area contributed by atoms with Gasteiger partial charge >= 0.3 is 5.97 Å². The van der Waals surface area contributed by atoms with Gasteiger partial charge in [0.05, 0.1) is 28.9 Å². The minimum Gasteiger partial charge on any atom is -0.452 e.